The van der Waals surface area contributed by atoms with Crippen molar-refractivity contribution in [2.45, 2.75) is 45.6 Å². The van der Waals surface area contributed by atoms with Crippen LogP contribution >= 0.6 is 0 Å². The van der Waals surface area contributed by atoms with E-state index >= 15 is 0 Å². The Kier molecular flexibility index (Phi) is 6.15. The third kappa shape index (κ3) is 5.95. The van der Waals surface area contributed by atoms with E-state index in [9.17, 15) is 4.79 Å². The molecule has 94 valence electrons. The number of para-hydroxylation sites is 1. The summed E-state index contributed by atoms with van der Waals surface area (Å²) in [6.45, 7) is 4.04. The topological polar surface area (TPSA) is 35.5 Å². The average molecular weight is 236 g/mol. The van der Waals surface area contributed by atoms with E-state index in [1.165, 1.54) is 12.8 Å². The molecule has 1 atom stereocenters. The third-order valence-electron chi connectivity index (χ3n) is 2.46. The van der Waals surface area contributed by atoms with Crippen molar-refractivity contribution >= 4 is 6.16 Å². The number of unbranched alkanes of at least 4 members (excludes halogenated alkanes) is 2. The quantitative estimate of drug-likeness (QED) is 0.422. The maximum atomic E-state index is 11.4. The standard InChI is InChI=1S/C14H20O3/c1-3-4-6-9-12(2)16-14(15)17-13-10-7-5-8-11-13/h5,7-8,10-12H,3-4,6,9H2,1-2H3. The summed E-state index contributed by atoms with van der Waals surface area (Å²) in [6.07, 6.45) is 3.59. The second-order valence-electron chi connectivity index (χ2n) is 4.09. The Morgan fingerprint density at radius 1 is 1.24 bits per heavy atom. The van der Waals surface area contributed by atoms with Crippen molar-refractivity contribution in [3.63, 3.8) is 0 Å². The first-order valence-electron chi connectivity index (χ1n) is 6.16. The first-order valence-corrected chi connectivity index (χ1v) is 6.16. The molecule has 0 radical (unpaired) electrons. The van der Waals surface area contributed by atoms with Crippen LogP contribution in [0.1, 0.15) is 39.5 Å². The molecule has 0 N–H and O–H groups in total. The van der Waals surface area contributed by atoms with Crippen LogP contribution in [0.3, 0.4) is 0 Å². The van der Waals surface area contributed by atoms with E-state index in [2.05, 4.69) is 6.92 Å². The van der Waals surface area contributed by atoms with Gasteiger partial charge in [-0.25, -0.2) is 4.79 Å². The molecule has 0 aliphatic heterocycles. The minimum atomic E-state index is -0.625. The first-order chi connectivity index (χ1) is 8.22. The molecule has 1 rings (SSSR count). The molecule has 0 aromatic heterocycles. The SMILES string of the molecule is CCCCCC(C)OC(=O)Oc1ccccc1. The number of carbonyl (C=O) groups excluding carboxylic acids is 1. The van der Waals surface area contributed by atoms with Crippen molar-refractivity contribution in [3.05, 3.63) is 30.3 Å². The maximum absolute atomic E-state index is 11.4. The fourth-order valence-corrected chi connectivity index (χ4v) is 1.51. The molecule has 0 spiro atoms. The van der Waals surface area contributed by atoms with E-state index in [1.54, 1.807) is 12.1 Å². The zero-order valence-corrected chi connectivity index (χ0v) is 10.5. The molecule has 0 amide bonds. The molecule has 17 heavy (non-hydrogen) atoms. The molecule has 0 aliphatic carbocycles. The van der Waals surface area contributed by atoms with Crippen LogP contribution in [0.4, 0.5) is 4.79 Å². The first kappa shape index (κ1) is 13.6. The van der Waals surface area contributed by atoms with Crippen molar-refractivity contribution in [1.82, 2.24) is 0 Å². The lowest BCUT2D eigenvalue weighted by Crippen LogP contribution is -2.18. The Bertz CT molecular complexity index is 321. The Morgan fingerprint density at radius 3 is 2.59 bits per heavy atom. The van der Waals surface area contributed by atoms with E-state index in [0.717, 1.165) is 12.8 Å². The summed E-state index contributed by atoms with van der Waals surface area (Å²) in [5.74, 6) is 0.512. The van der Waals surface area contributed by atoms with E-state index in [1.807, 2.05) is 25.1 Å². The normalized spacial score (nSPS) is 11.9. The molecule has 3 heteroatoms. The summed E-state index contributed by atoms with van der Waals surface area (Å²) in [6, 6.07) is 8.94. The highest BCUT2D eigenvalue weighted by Gasteiger charge is 2.11. The predicted molar refractivity (Wildman–Crippen MR) is 67.2 cm³/mol. The highest BCUT2D eigenvalue weighted by molar-refractivity contribution is 5.63. The second-order valence-corrected chi connectivity index (χ2v) is 4.09. The van der Waals surface area contributed by atoms with E-state index in [4.69, 9.17) is 9.47 Å². The van der Waals surface area contributed by atoms with Crippen LogP contribution < -0.4 is 4.74 Å². The summed E-state index contributed by atoms with van der Waals surface area (Å²) in [7, 11) is 0. The second kappa shape index (κ2) is 7.71. The molecule has 0 fully saturated rings. The van der Waals surface area contributed by atoms with Crippen LogP contribution in [0.2, 0.25) is 0 Å². The molecule has 3 nitrogen and oxygen atoms in total. The minimum absolute atomic E-state index is 0.0854. The van der Waals surface area contributed by atoms with Crippen LogP contribution in [0.15, 0.2) is 30.3 Å². The number of rotatable bonds is 6. The largest absolute Gasteiger partial charge is 0.514 e. The number of benzene rings is 1. The summed E-state index contributed by atoms with van der Waals surface area (Å²) >= 11 is 0. The van der Waals surface area contributed by atoms with Gasteiger partial charge in [-0.3, -0.25) is 0 Å². The molecule has 1 aromatic carbocycles. The Balaban J connectivity index is 2.25. The van der Waals surface area contributed by atoms with Crippen LogP contribution in [-0.2, 0) is 4.74 Å². The van der Waals surface area contributed by atoms with Gasteiger partial charge in [0.1, 0.15) is 11.9 Å². The average Bonchev–Trinajstić information content (AvgIpc) is 2.30. The van der Waals surface area contributed by atoms with Gasteiger partial charge in [-0.15, -0.1) is 0 Å². The lowest BCUT2D eigenvalue weighted by Gasteiger charge is -2.12. The van der Waals surface area contributed by atoms with Crippen molar-refractivity contribution < 1.29 is 14.3 Å². The van der Waals surface area contributed by atoms with Gasteiger partial charge in [0.15, 0.2) is 0 Å². The number of ether oxygens (including phenoxy) is 2. The molecule has 0 saturated heterocycles. The molecule has 0 bridgehead atoms. The summed E-state index contributed by atoms with van der Waals surface area (Å²) in [5.41, 5.74) is 0. The smallest absolute Gasteiger partial charge is 0.431 e. The van der Waals surface area contributed by atoms with E-state index < -0.39 is 6.16 Å². The lowest BCUT2D eigenvalue weighted by atomic mass is 10.1. The predicted octanol–water partition coefficient (Wildman–Crippen LogP) is 4.17. The molecule has 0 aliphatic rings. The molecule has 1 unspecified atom stereocenters. The van der Waals surface area contributed by atoms with Crippen molar-refractivity contribution in [2.75, 3.05) is 0 Å². The van der Waals surface area contributed by atoms with E-state index in [0.29, 0.717) is 5.75 Å². The lowest BCUT2D eigenvalue weighted by molar-refractivity contribution is 0.0614. The molecule has 0 heterocycles. The van der Waals surface area contributed by atoms with Gasteiger partial charge in [-0.1, -0.05) is 38.0 Å². The van der Waals surface area contributed by atoms with E-state index in [-0.39, 0.29) is 6.10 Å². The van der Waals surface area contributed by atoms with Gasteiger partial charge >= 0.3 is 6.16 Å². The Labute approximate surface area is 103 Å². The van der Waals surface area contributed by atoms with Crippen LogP contribution in [0.5, 0.6) is 5.75 Å². The van der Waals surface area contributed by atoms with Gasteiger partial charge < -0.3 is 9.47 Å². The summed E-state index contributed by atoms with van der Waals surface area (Å²) in [5, 5.41) is 0. The number of carbonyl (C=O) groups is 1. The zero-order valence-electron chi connectivity index (χ0n) is 10.5. The number of hydrogen-bond acceptors (Lipinski definition) is 3. The molecule has 0 saturated carbocycles. The van der Waals surface area contributed by atoms with Crippen LogP contribution in [0.25, 0.3) is 0 Å². The molecular formula is C14H20O3. The Hall–Kier alpha value is -1.51. The van der Waals surface area contributed by atoms with Gasteiger partial charge in [0.25, 0.3) is 0 Å². The maximum Gasteiger partial charge on any atom is 0.514 e. The fraction of sp³-hybridized carbons (Fsp3) is 0.500. The van der Waals surface area contributed by atoms with Crippen molar-refractivity contribution in [1.29, 1.82) is 0 Å². The van der Waals surface area contributed by atoms with Crippen molar-refractivity contribution in [3.8, 4) is 5.75 Å². The van der Waals surface area contributed by atoms with Crippen LogP contribution in [0, 0.1) is 0 Å². The van der Waals surface area contributed by atoms with Gasteiger partial charge in [-0.05, 0) is 31.9 Å². The van der Waals surface area contributed by atoms with Crippen molar-refractivity contribution in [2.24, 2.45) is 0 Å². The number of hydrogen-bond donors (Lipinski definition) is 0. The minimum Gasteiger partial charge on any atom is -0.431 e. The highest BCUT2D eigenvalue weighted by atomic mass is 16.7. The molecule has 1 aromatic rings. The van der Waals surface area contributed by atoms with Gasteiger partial charge in [0, 0.05) is 0 Å². The third-order valence-corrected chi connectivity index (χ3v) is 2.46. The monoisotopic (exact) mass is 236 g/mol. The highest BCUT2D eigenvalue weighted by Crippen LogP contribution is 2.11. The van der Waals surface area contributed by atoms with Gasteiger partial charge in [-0.2, -0.15) is 0 Å². The summed E-state index contributed by atoms with van der Waals surface area (Å²) in [4.78, 5) is 11.4. The van der Waals surface area contributed by atoms with Gasteiger partial charge in [0.2, 0.25) is 0 Å². The van der Waals surface area contributed by atoms with Crippen LogP contribution in [-0.4, -0.2) is 12.3 Å². The Morgan fingerprint density at radius 2 is 1.94 bits per heavy atom. The molecular weight excluding hydrogens is 216 g/mol. The fourth-order valence-electron chi connectivity index (χ4n) is 1.51. The zero-order chi connectivity index (χ0) is 12.5. The summed E-state index contributed by atoms with van der Waals surface area (Å²) < 4.78 is 10.2. The van der Waals surface area contributed by atoms with Gasteiger partial charge in [0.05, 0.1) is 0 Å².